The van der Waals surface area contributed by atoms with Crippen molar-refractivity contribution in [1.82, 2.24) is 19.0 Å². The fourth-order valence-corrected chi connectivity index (χ4v) is 5.39. The molecule has 6 rings (SSSR count). The van der Waals surface area contributed by atoms with Crippen molar-refractivity contribution in [3.8, 4) is 5.69 Å². The van der Waals surface area contributed by atoms with Crippen LogP contribution in [0.5, 0.6) is 0 Å². The average Bonchev–Trinajstić information content (AvgIpc) is 3.64. The second kappa shape index (κ2) is 9.54. The van der Waals surface area contributed by atoms with Crippen LogP contribution in [0.1, 0.15) is 40.5 Å². The van der Waals surface area contributed by atoms with E-state index in [0.717, 1.165) is 24.2 Å². The van der Waals surface area contributed by atoms with E-state index >= 15 is 0 Å². The molecule has 1 saturated heterocycles. The first-order valence-electron chi connectivity index (χ1n) is 12.7. The number of anilines is 2. The molecular formula is C29H26F2N6O2. The minimum Gasteiger partial charge on any atom is -0.364 e. The Morgan fingerprint density at radius 3 is 2.64 bits per heavy atom. The van der Waals surface area contributed by atoms with Crippen LogP contribution in [-0.4, -0.2) is 31.4 Å². The van der Waals surface area contributed by atoms with Gasteiger partial charge in [0.05, 0.1) is 34.7 Å². The fraction of sp³-hybridized carbons (Fsp3) is 0.207. The van der Waals surface area contributed by atoms with Crippen LogP contribution in [0.15, 0.2) is 77.9 Å². The predicted octanol–water partition coefficient (Wildman–Crippen LogP) is 5.00. The Morgan fingerprint density at radius 2 is 1.85 bits per heavy atom. The maximum atomic E-state index is 14.6. The van der Waals surface area contributed by atoms with Crippen molar-refractivity contribution in [3.05, 3.63) is 112 Å². The molecular weight excluding hydrogens is 502 g/mol. The molecule has 0 radical (unpaired) electrons. The molecule has 0 spiro atoms. The van der Waals surface area contributed by atoms with Gasteiger partial charge in [0.1, 0.15) is 17.3 Å². The fourth-order valence-electron chi connectivity index (χ4n) is 5.39. The van der Waals surface area contributed by atoms with Crippen molar-refractivity contribution in [2.75, 3.05) is 16.8 Å². The normalized spacial score (nSPS) is 15.3. The Hall–Kier alpha value is -4.73. The lowest BCUT2D eigenvalue weighted by atomic mass is 10.0. The molecule has 10 heteroatoms. The molecule has 4 heterocycles. The number of para-hydroxylation sites is 1. The van der Waals surface area contributed by atoms with Gasteiger partial charge >= 0.3 is 0 Å². The third-order valence-corrected chi connectivity index (χ3v) is 7.44. The van der Waals surface area contributed by atoms with Crippen LogP contribution in [-0.2, 0) is 7.05 Å². The number of carbonyl (C=O) groups excluding carboxylic acids is 1. The monoisotopic (exact) mass is 528 g/mol. The maximum absolute atomic E-state index is 14.6. The van der Waals surface area contributed by atoms with Gasteiger partial charge in [-0.15, -0.1) is 0 Å². The van der Waals surface area contributed by atoms with E-state index in [1.54, 1.807) is 29.4 Å². The third-order valence-electron chi connectivity index (χ3n) is 7.44. The van der Waals surface area contributed by atoms with Gasteiger partial charge in [0.15, 0.2) is 0 Å². The number of fused-ring (bicyclic) bond motifs is 1. The topological polar surface area (TPSA) is 76.6 Å². The Balaban J connectivity index is 1.34. The van der Waals surface area contributed by atoms with Gasteiger partial charge < -0.3 is 10.2 Å². The summed E-state index contributed by atoms with van der Waals surface area (Å²) in [5.74, 6) is -1.40. The number of hydrogen-bond donors (Lipinski definition) is 1. The Bertz CT molecular complexity index is 1770. The summed E-state index contributed by atoms with van der Waals surface area (Å²) < 4.78 is 33.3. The zero-order valence-electron chi connectivity index (χ0n) is 21.4. The lowest BCUT2D eigenvalue weighted by Gasteiger charge is -2.27. The average molecular weight is 529 g/mol. The molecule has 3 aromatic heterocycles. The number of rotatable bonds is 5. The minimum atomic E-state index is -0.481. The molecule has 5 aromatic rings. The van der Waals surface area contributed by atoms with E-state index in [1.807, 2.05) is 47.4 Å². The number of nitrogens with zero attached hydrogens (tertiary/aromatic N) is 5. The summed E-state index contributed by atoms with van der Waals surface area (Å²) in [6, 6.07) is 16.0. The smallest absolute Gasteiger partial charge is 0.295 e. The van der Waals surface area contributed by atoms with E-state index in [9.17, 15) is 18.4 Å². The summed E-state index contributed by atoms with van der Waals surface area (Å²) in [6.45, 7) is 2.43. The van der Waals surface area contributed by atoms with E-state index in [4.69, 9.17) is 0 Å². The quantitative estimate of drug-likeness (QED) is 0.348. The summed E-state index contributed by atoms with van der Waals surface area (Å²) in [6.07, 6.45) is 4.68. The lowest BCUT2D eigenvalue weighted by molar-refractivity contribution is 0.102. The van der Waals surface area contributed by atoms with Crippen LogP contribution < -0.4 is 15.8 Å². The minimum absolute atomic E-state index is 0.183. The first-order chi connectivity index (χ1) is 18.8. The molecule has 198 valence electrons. The third kappa shape index (κ3) is 4.18. The van der Waals surface area contributed by atoms with Crippen molar-refractivity contribution < 1.29 is 13.6 Å². The van der Waals surface area contributed by atoms with E-state index in [0.29, 0.717) is 41.0 Å². The lowest BCUT2D eigenvalue weighted by Crippen LogP contribution is -2.24. The molecule has 0 saturated carbocycles. The largest absolute Gasteiger partial charge is 0.364 e. The molecule has 1 unspecified atom stereocenters. The molecule has 0 aliphatic carbocycles. The Morgan fingerprint density at radius 1 is 1.05 bits per heavy atom. The van der Waals surface area contributed by atoms with Crippen molar-refractivity contribution in [1.29, 1.82) is 0 Å². The maximum Gasteiger partial charge on any atom is 0.295 e. The van der Waals surface area contributed by atoms with Gasteiger partial charge in [-0.2, -0.15) is 5.10 Å². The Labute approximate surface area is 222 Å². The zero-order chi connectivity index (χ0) is 27.3. The molecule has 1 fully saturated rings. The van der Waals surface area contributed by atoms with E-state index < -0.39 is 17.5 Å². The van der Waals surface area contributed by atoms with Crippen LogP contribution in [0.4, 0.5) is 20.2 Å². The molecule has 39 heavy (non-hydrogen) atoms. The van der Waals surface area contributed by atoms with Crippen molar-refractivity contribution in [2.24, 2.45) is 7.05 Å². The van der Waals surface area contributed by atoms with Gasteiger partial charge in [-0.05, 0) is 62.2 Å². The number of amides is 1. The van der Waals surface area contributed by atoms with Gasteiger partial charge in [0.25, 0.3) is 11.5 Å². The molecule has 8 nitrogen and oxygen atoms in total. The summed E-state index contributed by atoms with van der Waals surface area (Å²) >= 11 is 0. The highest BCUT2D eigenvalue weighted by atomic mass is 19.1. The molecule has 1 atom stereocenters. The van der Waals surface area contributed by atoms with E-state index in [2.05, 4.69) is 10.4 Å². The predicted molar refractivity (Wildman–Crippen MR) is 145 cm³/mol. The molecule has 1 aliphatic rings. The molecule has 0 bridgehead atoms. The molecule has 1 aliphatic heterocycles. The van der Waals surface area contributed by atoms with Gasteiger partial charge in [-0.25, -0.2) is 18.0 Å². The van der Waals surface area contributed by atoms with Gasteiger partial charge in [-0.3, -0.25) is 14.3 Å². The van der Waals surface area contributed by atoms with Gasteiger partial charge in [-0.1, -0.05) is 18.2 Å². The highest BCUT2D eigenvalue weighted by Crippen LogP contribution is 2.38. The van der Waals surface area contributed by atoms with Crippen molar-refractivity contribution in [3.63, 3.8) is 0 Å². The van der Waals surface area contributed by atoms with Crippen LogP contribution in [0, 0.1) is 18.6 Å². The number of hydrogen-bond acceptors (Lipinski definition) is 4. The summed E-state index contributed by atoms with van der Waals surface area (Å²) in [5.41, 5.74) is 3.03. The first-order valence-corrected chi connectivity index (χ1v) is 12.7. The van der Waals surface area contributed by atoms with Gasteiger partial charge in [0, 0.05) is 31.0 Å². The number of nitrogens with one attached hydrogen (secondary N) is 1. The summed E-state index contributed by atoms with van der Waals surface area (Å²) in [4.78, 5) is 28.7. The zero-order valence-corrected chi connectivity index (χ0v) is 21.4. The first kappa shape index (κ1) is 24.6. The standard InChI is InChI=1S/C29H26F2N6O2/c1-18-27(29(39)37(34(18)2)20-7-4-3-5-8-20)33-28(38)23-17-32-36-14-12-21(16-26(23)36)35-13-6-9-25(35)22-15-19(30)10-11-24(22)31/h3-5,7-8,10-12,14-17,25H,6,9,13H2,1-2H3,(H,33,38). The second-order valence-corrected chi connectivity index (χ2v) is 9.68. The highest BCUT2D eigenvalue weighted by Gasteiger charge is 2.29. The number of halogens is 2. The molecule has 1 amide bonds. The second-order valence-electron chi connectivity index (χ2n) is 9.68. The SMILES string of the molecule is Cc1c(NC(=O)c2cnn3ccc(N4CCCC4c4cc(F)ccc4F)cc23)c(=O)n(-c2ccccc2)n1C. The van der Waals surface area contributed by atoms with Crippen molar-refractivity contribution in [2.45, 2.75) is 25.8 Å². The van der Waals surface area contributed by atoms with Gasteiger partial charge in [0.2, 0.25) is 0 Å². The number of benzene rings is 2. The van der Waals surface area contributed by atoms with Crippen LogP contribution >= 0.6 is 0 Å². The molecule has 2 aromatic carbocycles. The van der Waals surface area contributed by atoms with Crippen LogP contribution in [0.3, 0.4) is 0 Å². The molecule has 1 N–H and O–H groups in total. The summed E-state index contributed by atoms with van der Waals surface area (Å²) in [5, 5.41) is 7.10. The highest BCUT2D eigenvalue weighted by molar-refractivity contribution is 6.09. The summed E-state index contributed by atoms with van der Waals surface area (Å²) in [7, 11) is 1.76. The van der Waals surface area contributed by atoms with E-state index in [1.165, 1.54) is 16.9 Å². The van der Waals surface area contributed by atoms with Crippen molar-refractivity contribution >= 4 is 22.8 Å². The number of aromatic nitrogens is 4. The van der Waals surface area contributed by atoms with Crippen LogP contribution in [0.2, 0.25) is 0 Å². The number of carbonyl (C=O) groups is 1. The van der Waals surface area contributed by atoms with Crippen LogP contribution in [0.25, 0.3) is 11.2 Å². The van der Waals surface area contributed by atoms with E-state index in [-0.39, 0.29) is 17.3 Å². The Kier molecular flexibility index (Phi) is 6.02. The number of pyridine rings is 1.